The maximum Gasteiger partial charge on any atom is 0.277 e. The largest absolute Gasteiger partial charge is 0.495 e. The zero-order valence-electron chi connectivity index (χ0n) is 15.7. The fourth-order valence-electron chi connectivity index (χ4n) is 3.30. The van der Waals surface area contributed by atoms with Crippen LogP contribution in [0, 0.1) is 0 Å². The van der Waals surface area contributed by atoms with Crippen LogP contribution in [-0.4, -0.2) is 76.2 Å². The first-order valence-electron chi connectivity index (χ1n) is 9.33. The van der Waals surface area contributed by atoms with E-state index in [-0.39, 0.29) is 11.8 Å². The first-order chi connectivity index (χ1) is 12.6. The average Bonchev–Trinajstić information content (AvgIpc) is 3.45. The SMILES string of the molecule is COc1ccccc1N1CCN(C(=O)C[NH+](C)CC(=O)NC2CC2)CC1. The summed E-state index contributed by atoms with van der Waals surface area (Å²) in [5, 5.41) is 2.97. The van der Waals surface area contributed by atoms with Gasteiger partial charge in [-0.25, -0.2) is 0 Å². The molecule has 1 aliphatic heterocycles. The predicted molar refractivity (Wildman–Crippen MR) is 99.6 cm³/mol. The zero-order chi connectivity index (χ0) is 18.5. The molecule has 1 heterocycles. The molecule has 0 spiro atoms. The summed E-state index contributed by atoms with van der Waals surface area (Å²) in [6.45, 7) is 3.66. The number of likely N-dealkylation sites (N-methyl/N-ethyl adjacent to an activating group) is 1. The lowest BCUT2D eigenvalue weighted by Crippen LogP contribution is -3.11. The van der Waals surface area contributed by atoms with Crippen LogP contribution in [0.25, 0.3) is 0 Å². The smallest absolute Gasteiger partial charge is 0.277 e. The molecular weight excluding hydrogens is 332 g/mol. The van der Waals surface area contributed by atoms with E-state index >= 15 is 0 Å². The first kappa shape index (κ1) is 18.5. The van der Waals surface area contributed by atoms with E-state index in [1.807, 2.05) is 36.2 Å². The van der Waals surface area contributed by atoms with E-state index in [0.717, 1.165) is 42.3 Å². The highest BCUT2D eigenvalue weighted by Crippen LogP contribution is 2.28. The molecule has 2 amide bonds. The van der Waals surface area contributed by atoms with Crippen LogP contribution < -0.4 is 19.9 Å². The molecule has 1 saturated heterocycles. The van der Waals surface area contributed by atoms with Crippen molar-refractivity contribution in [2.24, 2.45) is 0 Å². The van der Waals surface area contributed by atoms with Crippen LogP contribution in [0.15, 0.2) is 24.3 Å². The number of benzene rings is 1. The molecule has 1 aromatic carbocycles. The van der Waals surface area contributed by atoms with Gasteiger partial charge in [0.25, 0.3) is 11.8 Å². The second-order valence-corrected chi connectivity index (χ2v) is 7.19. The predicted octanol–water partition coefficient (Wildman–Crippen LogP) is -0.863. The Balaban J connectivity index is 1.45. The molecule has 1 aromatic rings. The molecule has 1 aliphatic carbocycles. The van der Waals surface area contributed by atoms with Gasteiger partial charge in [0.2, 0.25) is 0 Å². The maximum atomic E-state index is 12.5. The number of para-hydroxylation sites is 2. The molecule has 0 radical (unpaired) electrons. The van der Waals surface area contributed by atoms with E-state index < -0.39 is 0 Å². The number of amides is 2. The highest BCUT2D eigenvalue weighted by molar-refractivity contribution is 5.79. The van der Waals surface area contributed by atoms with E-state index in [4.69, 9.17) is 4.74 Å². The number of piperazine rings is 1. The molecule has 7 heteroatoms. The van der Waals surface area contributed by atoms with Crippen molar-refractivity contribution in [3.05, 3.63) is 24.3 Å². The van der Waals surface area contributed by atoms with Crippen molar-refractivity contribution in [3.8, 4) is 5.75 Å². The molecule has 1 atom stereocenters. The van der Waals surface area contributed by atoms with E-state index in [1.165, 1.54) is 0 Å². The third-order valence-corrected chi connectivity index (χ3v) is 4.92. The Kier molecular flexibility index (Phi) is 5.98. The van der Waals surface area contributed by atoms with E-state index in [0.29, 0.717) is 32.2 Å². The van der Waals surface area contributed by atoms with Crippen LogP contribution in [0.5, 0.6) is 5.75 Å². The monoisotopic (exact) mass is 361 g/mol. The number of rotatable bonds is 7. The Hall–Kier alpha value is -2.28. The topological polar surface area (TPSA) is 66.3 Å². The molecule has 0 aromatic heterocycles. The molecule has 1 unspecified atom stereocenters. The van der Waals surface area contributed by atoms with Crippen LogP contribution in [0.2, 0.25) is 0 Å². The van der Waals surface area contributed by atoms with Crippen molar-refractivity contribution in [1.82, 2.24) is 10.2 Å². The standard InChI is InChI=1S/C19H28N4O3/c1-21(13-18(24)20-15-7-8-15)14-19(25)23-11-9-22(10-12-23)16-5-3-4-6-17(16)26-2/h3-6,15H,7-14H2,1-2H3,(H,20,24)/p+1. The summed E-state index contributed by atoms with van der Waals surface area (Å²) in [4.78, 5) is 29.4. The van der Waals surface area contributed by atoms with E-state index in [1.54, 1.807) is 7.11 Å². The third kappa shape index (κ3) is 4.88. The lowest BCUT2D eigenvalue weighted by Gasteiger charge is -2.36. The Morgan fingerprint density at radius 3 is 2.50 bits per heavy atom. The highest BCUT2D eigenvalue weighted by atomic mass is 16.5. The van der Waals surface area contributed by atoms with Gasteiger partial charge in [0.15, 0.2) is 13.1 Å². The number of carbonyl (C=O) groups excluding carboxylic acids is 2. The molecule has 1 saturated carbocycles. The van der Waals surface area contributed by atoms with Gasteiger partial charge in [-0.1, -0.05) is 12.1 Å². The van der Waals surface area contributed by atoms with Gasteiger partial charge in [0.1, 0.15) is 5.75 Å². The zero-order valence-corrected chi connectivity index (χ0v) is 15.7. The number of nitrogens with zero attached hydrogens (tertiary/aromatic N) is 2. The van der Waals surface area contributed by atoms with Gasteiger partial charge in [-0.2, -0.15) is 0 Å². The lowest BCUT2D eigenvalue weighted by molar-refractivity contribution is -0.863. The summed E-state index contributed by atoms with van der Waals surface area (Å²) >= 11 is 0. The molecule has 7 nitrogen and oxygen atoms in total. The normalized spacial score (nSPS) is 18.4. The van der Waals surface area contributed by atoms with Crippen molar-refractivity contribution in [2.75, 3.05) is 58.3 Å². The van der Waals surface area contributed by atoms with Crippen LogP contribution in [-0.2, 0) is 9.59 Å². The summed E-state index contributed by atoms with van der Waals surface area (Å²) in [5.41, 5.74) is 1.07. The number of hydrogen-bond donors (Lipinski definition) is 2. The van der Waals surface area contributed by atoms with Crippen LogP contribution in [0.1, 0.15) is 12.8 Å². The molecular formula is C19H29N4O3+. The Morgan fingerprint density at radius 1 is 1.15 bits per heavy atom. The number of carbonyl (C=O) groups is 2. The van der Waals surface area contributed by atoms with Crippen molar-refractivity contribution in [2.45, 2.75) is 18.9 Å². The summed E-state index contributed by atoms with van der Waals surface area (Å²) < 4.78 is 5.43. The van der Waals surface area contributed by atoms with Crippen molar-refractivity contribution in [3.63, 3.8) is 0 Å². The number of nitrogens with one attached hydrogen (secondary N) is 2. The lowest BCUT2D eigenvalue weighted by atomic mass is 10.2. The molecule has 26 heavy (non-hydrogen) atoms. The second-order valence-electron chi connectivity index (χ2n) is 7.19. The fraction of sp³-hybridized carbons (Fsp3) is 0.579. The average molecular weight is 361 g/mol. The first-order valence-corrected chi connectivity index (χ1v) is 9.33. The van der Waals surface area contributed by atoms with Crippen molar-refractivity contribution >= 4 is 17.5 Å². The molecule has 142 valence electrons. The van der Waals surface area contributed by atoms with Gasteiger partial charge in [-0.05, 0) is 25.0 Å². The number of hydrogen-bond acceptors (Lipinski definition) is 4. The maximum absolute atomic E-state index is 12.5. The number of ether oxygens (including phenoxy) is 1. The second kappa shape index (κ2) is 8.40. The van der Waals surface area contributed by atoms with Crippen molar-refractivity contribution in [1.29, 1.82) is 0 Å². The van der Waals surface area contributed by atoms with E-state index in [2.05, 4.69) is 10.2 Å². The van der Waals surface area contributed by atoms with Gasteiger partial charge in [-0.3, -0.25) is 9.59 Å². The summed E-state index contributed by atoms with van der Waals surface area (Å²) in [7, 11) is 3.58. The van der Waals surface area contributed by atoms with E-state index in [9.17, 15) is 9.59 Å². The minimum atomic E-state index is 0.0405. The molecule has 2 N–H and O–H groups in total. The van der Waals surface area contributed by atoms with Crippen LogP contribution >= 0.6 is 0 Å². The molecule has 0 bridgehead atoms. The summed E-state index contributed by atoms with van der Waals surface area (Å²) in [5.74, 6) is 1.01. The summed E-state index contributed by atoms with van der Waals surface area (Å²) in [6.07, 6.45) is 2.17. The van der Waals surface area contributed by atoms with Gasteiger partial charge in [0.05, 0.1) is 19.8 Å². The Labute approximate surface area is 154 Å². The number of methoxy groups -OCH3 is 1. The molecule has 2 aliphatic rings. The summed E-state index contributed by atoms with van der Waals surface area (Å²) in [6, 6.07) is 8.33. The molecule has 3 rings (SSSR count). The van der Waals surface area contributed by atoms with Crippen LogP contribution in [0.3, 0.4) is 0 Å². The highest BCUT2D eigenvalue weighted by Gasteiger charge is 2.27. The van der Waals surface area contributed by atoms with Crippen LogP contribution in [0.4, 0.5) is 5.69 Å². The third-order valence-electron chi connectivity index (χ3n) is 4.92. The minimum Gasteiger partial charge on any atom is -0.495 e. The van der Waals surface area contributed by atoms with Gasteiger partial charge < -0.3 is 24.8 Å². The Morgan fingerprint density at radius 2 is 1.85 bits per heavy atom. The number of quaternary nitrogens is 1. The fourth-order valence-corrected chi connectivity index (χ4v) is 3.30. The van der Waals surface area contributed by atoms with Gasteiger partial charge >= 0.3 is 0 Å². The van der Waals surface area contributed by atoms with Gasteiger partial charge in [-0.15, -0.1) is 0 Å². The van der Waals surface area contributed by atoms with Crippen molar-refractivity contribution < 1.29 is 19.2 Å². The quantitative estimate of drug-likeness (QED) is 0.663. The Bertz CT molecular complexity index is 639. The number of anilines is 1. The molecule has 2 fully saturated rings. The van der Waals surface area contributed by atoms with Gasteiger partial charge in [0, 0.05) is 32.2 Å². The minimum absolute atomic E-state index is 0.0405.